The van der Waals surface area contributed by atoms with Gasteiger partial charge < -0.3 is 19.7 Å². The molecule has 0 aliphatic heterocycles. The molecular weight excluding hydrogens is 529 g/mol. The van der Waals surface area contributed by atoms with Crippen molar-refractivity contribution in [2.45, 2.75) is 13.8 Å². The van der Waals surface area contributed by atoms with Gasteiger partial charge in [-0.2, -0.15) is 0 Å². The zero-order valence-corrected chi connectivity index (χ0v) is 21.6. The number of carbonyl (C=O) groups is 2. The third-order valence-electron chi connectivity index (χ3n) is 5.67. The molecule has 0 radical (unpaired) electrons. The lowest BCUT2D eigenvalue weighted by Gasteiger charge is -2.09. The van der Waals surface area contributed by atoms with Crippen molar-refractivity contribution < 1.29 is 18.6 Å². The van der Waals surface area contributed by atoms with Crippen LogP contribution in [0.25, 0.3) is 22.5 Å². The van der Waals surface area contributed by atoms with Crippen LogP contribution in [-0.4, -0.2) is 27.1 Å². The Labute approximate surface area is 226 Å². The van der Waals surface area contributed by atoms with E-state index in [0.29, 0.717) is 44.1 Å². The van der Waals surface area contributed by atoms with Gasteiger partial charge in [0.05, 0.1) is 10.0 Å². The van der Waals surface area contributed by atoms with E-state index in [1.54, 1.807) is 80.6 Å². The average molecular weight is 548 g/mol. The number of rotatable bonds is 6. The van der Waals surface area contributed by atoms with Gasteiger partial charge in [0.2, 0.25) is 0 Å². The number of halogens is 2. The lowest BCUT2D eigenvalue weighted by Crippen LogP contribution is -2.17. The first kappa shape index (κ1) is 25.2. The first-order valence-electron chi connectivity index (χ1n) is 11.4. The number of nitrogens with one attached hydrogen (secondary N) is 2. The Balaban J connectivity index is 1.38. The van der Waals surface area contributed by atoms with E-state index in [2.05, 4.69) is 25.9 Å². The van der Waals surface area contributed by atoms with E-state index in [9.17, 15) is 9.59 Å². The van der Waals surface area contributed by atoms with Gasteiger partial charge in [0.25, 0.3) is 11.8 Å². The van der Waals surface area contributed by atoms with Gasteiger partial charge in [0, 0.05) is 11.1 Å². The number of amides is 2. The van der Waals surface area contributed by atoms with Crippen LogP contribution in [-0.2, 0) is 0 Å². The fourth-order valence-corrected chi connectivity index (χ4v) is 4.34. The van der Waals surface area contributed by atoms with Crippen molar-refractivity contribution in [1.29, 1.82) is 0 Å². The first-order valence-corrected chi connectivity index (χ1v) is 12.1. The van der Waals surface area contributed by atoms with Gasteiger partial charge in [0.15, 0.2) is 0 Å². The Hall–Kier alpha value is -4.47. The second kappa shape index (κ2) is 10.5. The largest absolute Gasteiger partial charge is 0.360 e. The lowest BCUT2D eigenvalue weighted by molar-refractivity contribution is 0.101. The molecule has 2 amide bonds. The molecule has 5 aromatic rings. The summed E-state index contributed by atoms with van der Waals surface area (Å²) in [4.78, 5) is 30.7. The highest BCUT2D eigenvalue weighted by molar-refractivity contribution is 6.34. The first-order chi connectivity index (χ1) is 18.3. The van der Waals surface area contributed by atoms with Crippen molar-refractivity contribution in [2.24, 2.45) is 0 Å². The predicted octanol–water partition coefficient (Wildman–Crippen LogP) is 6.82. The summed E-state index contributed by atoms with van der Waals surface area (Å²) >= 11 is 12.6. The molecule has 0 bridgehead atoms. The van der Waals surface area contributed by atoms with Crippen LogP contribution in [0.3, 0.4) is 0 Å². The van der Waals surface area contributed by atoms with Crippen LogP contribution in [0.1, 0.15) is 32.2 Å². The number of anilines is 2. The van der Waals surface area contributed by atoms with Gasteiger partial charge in [0.1, 0.15) is 45.7 Å². The van der Waals surface area contributed by atoms with E-state index in [1.807, 2.05) is 0 Å². The molecule has 3 heterocycles. The normalized spacial score (nSPS) is 10.8. The number of carbonyl (C=O) groups excluding carboxylic acids is 2. The molecule has 0 saturated heterocycles. The second-order valence-electron chi connectivity index (χ2n) is 8.20. The highest BCUT2D eigenvalue weighted by atomic mass is 35.5. The molecule has 38 heavy (non-hydrogen) atoms. The maximum Gasteiger partial charge on any atom is 0.262 e. The molecule has 9 nitrogen and oxygen atoms in total. The minimum Gasteiger partial charge on any atom is -0.360 e. The van der Waals surface area contributed by atoms with Crippen molar-refractivity contribution in [1.82, 2.24) is 15.3 Å². The summed E-state index contributed by atoms with van der Waals surface area (Å²) in [7, 11) is 0. The SMILES string of the molecule is Cc1onc(-c2ccccc2Cl)c1C(=O)Nc1cccc(NC(=O)c2c(-c3ccccc3Cl)noc2C)n1. The summed E-state index contributed by atoms with van der Waals surface area (Å²) in [6.45, 7) is 3.26. The topological polar surface area (TPSA) is 123 Å². The minimum absolute atomic E-state index is 0.201. The Morgan fingerprint density at radius 2 is 1.08 bits per heavy atom. The summed E-state index contributed by atoms with van der Waals surface area (Å²) in [5.41, 5.74) is 2.18. The third kappa shape index (κ3) is 4.89. The number of nitrogens with zero attached hydrogens (tertiary/aromatic N) is 3. The van der Waals surface area contributed by atoms with Gasteiger partial charge >= 0.3 is 0 Å². The standard InChI is InChI=1S/C27H19Cl2N5O4/c1-14-22(24(33-37-14)16-8-3-5-10-18(16)28)26(35)31-20-12-7-13-21(30-20)32-27(36)23-15(2)38-34-25(23)17-9-4-6-11-19(17)29/h3-13H,1-2H3,(H2,30,31,32,35,36). The van der Waals surface area contributed by atoms with Gasteiger partial charge in [-0.1, -0.05) is 76.0 Å². The van der Waals surface area contributed by atoms with Gasteiger partial charge in [-0.05, 0) is 38.1 Å². The van der Waals surface area contributed by atoms with E-state index in [1.165, 1.54) is 0 Å². The number of hydrogen-bond donors (Lipinski definition) is 2. The predicted molar refractivity (Wildman–Crippen MR) is 144 cm³/mol. The molecule has 0 aliphatic rings. The molecule has 11 heteroatoms. The number of aromatic nitrogens is 3. The Morgan fingerprint density at radius 1 is 0.658 bits per heavy atom. The molecule has 2 aromatic carbocycles. The quantitative estimate of drug-likeness (QED) is 0.239. The number of pyridine rings is 1. The highest BCUT2D eigenvalue weighted by Gasteiger charge is 2.25. The van der Waals surface area contributed by atoms with Crippen LogP contribution in [0.15, 0.2) is 75.8 Å². The molecule has 0 atom stereocenters. The van der Waals surface area contributed by atoms with Crippen molar-refractivity contribution in [2.75, 3.05) is 10.6 Å². The van der Waals surface area contributed by atoms with Crippen LogP contribution in [0, 0.1) is 13.8 Å². The van der Waals surface area contributed by atoms with Crippen molar-refractivity contribution >= 4 is 46.7 Å². The summed E-state index contributed by atoms with van der Waals surface area (Å²) in [6, 6.07) is 18.8. The van der Waals surface area contributed by atoms with E-state index >= 15 is 0 Å². The average Bonchev–Trinajstić information content (AvgIpc) is 3.47. The molecule has 5 rings (SSSR count). The van der Waals surface area contributed by atoms with Crippen LogP contribution in [0.2, 0.25) is 10.0 Å². The zero-order chi connectivity index (χ0) is 26.8. The summed E-state index contributed by atoms with van der Waals surface area (Å²) < 4.78 is 10.6. The molecule has 0 spiro atoms. The van der Waals surface area contributed by atoms with Crippen molar-refractivity contribution in [3.05, 3.63) is 99.4 Å². The van der Waals surface area contributed by atoms with Crippen molar-refractivity contribution in [3.63, 3.8) is 0 Å². The Morgan fingerprint density at radius 3 is 1.50 bits per heavy atom. The van der Waals surface area contributed by atoms with Crippen LogP contribution < -0.4 is 10.6 Å². The highest BCUT2D eigenvalue weighted by Crippen LogP contribution is 2.33. The third-order valence-corrected chi connectivity index (χ3v) is 6.33. The number of benzene rings is 2. The molecule has 2 N–H and O–H groups in total. The zero-order valence-electron chi connectivity index (χ0n) is 20.1. The molecule has 190 valence electrons. The van der Waals surface area contributed by atoms with Crippen LogP contribution in [0.5, 0.6) is 0 Å². The fourth-order valence-electron chi connectivity index (χ4n) is 3.88. The van der Waals surface area contributed by atoms with Crippen LogP contribution >= 0.6 is 23.2 Å². The summed E-state index contributed by atoms with van der Waals surface area (Å²) in [6.07, 6.45) is 0. The van der Waals surface area contributed by atoms with E-state index in [0.717, 1.165) is 0 Å². The molecule has 3 aromatic heterocycles. The van der Waals surface area contributed by atoms with Crippen molar-refractivity contribution in [3.8, 4) is 22.5 Å². The number of hydrogen-bond acceptors (Lipinski definition) is 7. The van der Waals surface area contributed by atoms with E-state index in [-0.39, 0.29) is 22.8 Å². The Kier molecular flexibility index (Phi) is 6.95. The maximum absolute atomic E-state index is 13.2. The maximum atomic E-state index is 13.2. The van der Waals surface area contributed by atoms with Gasteiger partial charge in [-0.25, -0.2) is 4.98 Å². The lowest BCUT2D eigenvalue weighted by atomic mass is 10.1. The van der Waals surface area contributed by atoms with Crippen LogP contribution in [0.4, 0.5) is 11.6 Å². The molecule has 0 saturated carbocycles. The molecule has 0 fully saturated rings. The summed E-state index contributed by atoms with van der Waals surface area (Å²) in [5, 5.41) is 14.4. The monoisotopic (exact) mass is 547 g/mol. The van der Waals surface area contributed by atoms with E-state index in [4.69, 9.17) is 32.2 Å². The number of aryl methyl sites for hydroxylation is 2. The van der Waals surface area contributed by atoms with E-state index < -0.39 is 11.8 Å². The molecule has 0 aliphatic carbocycles. The van der Waals surface area contributed by atoms with Gasteiger partial charge in [-0.15, -0.1) is 0 Å². The van der Waals surface area contributed by atoms with Gasteiger partial charge in [-0.3, -0.25) is 9.59 Å². The Bertz CT molecular complexity index is 1560. The molecule has 0 unspecified atom stereocenters. The smallest absolute Gasteiger partial charge is 0.262 e. The second-order valence-corrected chi connectivity index (χ2v) is 9.02. The summed E-state index contributed by atoms with van der Waals surface area (Å²) in [5.74, 6) is 0.0450. The molecular formula is C27H19Cl2N5O4. The fraction of sp³-hybridized carbons (Fsp3) is 0.0741. The minimum atomic E-state index is -0.495.